The third kappa shape index (κ3) is 8.74. The van der Waals surface area contributed by atoms with E-state index in [1.165, 1.54) is 6.92 Å². The van der Waals surface area contributed by atoms with Gasteiger partial charge in [0.25, 0.3) is 0 Å². The normalized spacial score (nSPS) is 16.2. The molecule has 4 amide bonds. The third-order valence-electron chi connectivity index (χ3n) is 4.34. The van der Waals surface area contributed by atoms with Gasteiger partial charge in [0.1, 0.15) is 24.2 Å². The highest BCUT2D eigenvalue weighted by Gasteiger charge is 2.33. The molecule has 5 atom stereocenters. The molecule has 0 saturated carbocycles. The molecule has 0 aliphatic carbocycles. The fourth-order valence-electron chi connectivity index (χ4n) is 2.44. The van der Waals surface area contributed by atoms with Crippen LogP contribution in [-0.4, -0.2) is 70.1 Å². The van der Waals surface area contributed by atoms with Crippen LogP contribution in [0.3, 0.4) is 0 Å². The molecule has 172 valence electrons. The summed E-state index contributed by atoms with van der Waals surface area (Å²) in [5.74, 6) is -5.54. The van der Waals surface area contributed by atoms with Crippen molar-refractivity contribution in [1.82, 2.24) is 16.0 Å². The monoisotopic (exact) mass is 431 g/mol. The number of aliphatic hydroxyl groups is 1. The van der Waals surface area contributed by atoms with Gasteiger partial charge in [-0.1, -0.05) is 27.7 Å². The molecule has 9 N–H and O–H groups in total. The molecule has 5 unspecified atom stereocenters. The maximum Gasteiger partial charge on any atom is 0.326 e. The zero-order valence-corrected chi connectivity index (χ0v) is 17.8. The second-order valence-corrected chi connectivity index (χ2v) is 7.80. The molecule has 0 aromatic rings. The van der Waals surface area contributed by atoms with Crippen LogP contribution >= 0.6 is 0 Å². The van der Waals surface area contributed by atoms with Crippen molar-refractivity contribution in [2.75, 3.05) is 0 Å². The number of hydrogen-bond donors (Lipinski definition) is 7. The fraction of sp³-hybridized carbons (Fsp3) is 0.722. The Morgan fingerprint density at radius 3 is 1.63 bits per heavy atom. The van der Waals surface area contributed by atoms with Gasteiger partial charge in [0.05, 0.1) is 12.5 Å². The summed E-state index contributed by atoms with van der Waals surface area (Å²) in [7, 11) is 0. The highest BCUT2D eigenvalue weighted by atomic mass is 16.4. The van der Waals surface area contributed by atoms with Crippen molar-refractivity contribution >= 4 is 29.6 Å². The SMILES string of the molecule is CC(C)C(NC(=O)C(CC(N)=O)NC(=O)C(NC(=O)C(N)C(C)O)C(C)C)C(=O)O. The van der Waals surface area contributed by atoms with Crippen LogP contribution in [0.2, 0.25) is 0 Å². The number of aliphatic hydroxyl groups excluding tert-OH is 1. The van der Waals surface area contributed by atoms with Crippen molar-refractivity contribution in [1.29, 1.82) is 0 Å². The van der Waals surface area contributed by atoms with Crippen molar-refractivity contribution in [2.24, 2.45) is 23.3 Å². The molecule has 0 aliphatic heterocycles. The van der Waals surface area contributed by atoms with Crippen LogP contribution in [0.5, 0.6) is 0 Å². The number of carboxylic acids is 1. The van der Waals surface area contributed by atoms with Crippen LogP contribution < -0.4 is 27.4 Å². The molecule has 0 bridgehead atoms. The average molecular weight is 431 g/mol. The third-order valence-corrected chi connectivity index (χ3v) is 4.34. The lowest BCUT2D eigenvalue weighted by Gasteiger charge is -2.27. The van der Waals surface area contributed by atoms with E-state index in [0.29, 0.717) is 0 Å². The Morgan fingerprint density at radius 2 is 1.27 bits per heavy atom. The number of amides is 4. The van der Waals surface area contributed by atoms with Crippen LogP contribution in [0, 0.1) is 11.8 Å². The zero-order valence-electron chi connectivity index (χ0n) is 17.8. The second-order valence-electron chi connectivity index (χ2n) is 7.80. The van der Waals surface area contributed by atoms with Crippen LogP contribution in [0.1, 0.15) is 41.0 Å². The zero-order chi connectivity index (χ0) is 23.8. The Balaban J connectivity index is 5.47. The first-order valence-electron chi connectivity index (χ1n) is 9.54. The van der Waals surface area contributed by atoms with Crippen molar-refractivity contribution in [3.05, 3.63) is 0 Å². The molecule has 12 heteroatoms. The van der Waals surface area contributed by atoms with E-state index < -0.39 is 78.1 Å². The van der Waals surface area contributed by atoms with Gasteiger partial charge in [0.15, 0.2) is 0 Å². The average Bonchev–Trinajstić information content (AvgIpc) is 2.60. The van der Waals surface area contributed by atoms with Crippen LogP contribution in [0.15, 0.2) is 0 Å². The quantitative estimate of drug-likeness (QED) is 0.174. The van der Waals surface area contributed by atoms with Crippen molar-refractivity contribution in [3.63, 3.8) is 0 Å². The summed E-state index contributed by atoms with van der Waals surface area (Å²) in [6, 6.07) is -5.09. The Labute approximate surface area is 175 Å². The summed E-state index contributed by atoms with van der Waals surface area (Å²) in [5, 5.41) is 25.6. The molecule has 0 aliphatic rings. The van der Waals surface area contributed by atoms with Gasteiger partial charge in [-0.15, -0.1) is 0 Å². The molecule has 0 aromatic carbocycles. The molecule has 12 nitrogen and oxygen atoms in total. The number of carbonyl (C=O) groups excluding carboxylic acids is 4. The predicted molar refractivity (Wildman–Crippen MR) is 107 cm³/mol. The van der Waals surface area contributed by atoms with Gasteiger partial charge in [0.2, 0.25) is 23.6 Å². The van der Waals surface area contributed by atoms with Gasteiger partial charge in [-0.2, -0.15) is 0 Å². The van der Waals surface area contributed by atoms with Gasteiger partial charge in [-0.3, -0.25) is 19.2 Å². The van der Waals surface area contributed by atoms with Gasteiger partial charge in [-0.05, 0) is 18.8 Å². The van der Waals surface area contributed by atoms with Gasteiger partial charge in [-0.25, -0.2) is 4.79 Å². The Bertz CT molecular complexity index is 651. The largest absolute Gasteiger partial charge is 0.480 e. The smallest absolute Gasteiger partial charge is 0.326 e. The van der Waals surface area contributed by atoms with Crippen LogP contribution in [0.4, 0.5) is 0 Å². The molecule has 0 saturated heterocycles. The van der Waals surface area contributed by atoms with Crippen molar-refractivity contribution < 1.29 is 34.2 Å². The molecule has 0 spiro atoms. The number of aliphatic carboxylic acids is 1. The van der Waals surface area contributed by atoms with Gasteiger partial charge < -0.3 is 37.6 Å². The second kappa shape index (κ2) is 12.1. The lowest BCUT2D eigenvalue weighted by atomic mass is 10.0. The molecular weight excluding hydrogens is 398 g/mol. The van der Waals surface area contributed by atoms with E-state index in [2.05, 4.69) is 16.0 Å². The predicted octanol–water partition coefficient (Wildman–Crippen LogP) is -2.58. The van der Waals surface area contributed by atoms with Crippen molar-refractivity contribution in [3.8, 4) is 0 Å². The summed E-state index contributed by atoms with van der Waals surface area (Å²) < 4.78 is 0. The van der Waals surface area contributed by atoms with Crippen LogP contribution in [0.25, 0.3) is 0 Å². The number of primary amides is 1. The number of hydrogen-bond acceptors (Lipinski definition) is 7. The fourth-order valence-corrected chi connectivity index (χ4v) is 2.44. The highest BCUT2D eigenvalue weighted by molar-refractivity contribution is 5.96. The van der Waals surface area contributed by atoms with E-state index in [4.69, 9.17) is 11.5 Å². The van der Waals surface area contributed by atoms with Gasteiger partial charge in [0, 0.05) is 0 Å². The molecule has 0 aromatic heterocycles. The van der Waals surface area contributed by atoms with E-state index in [1.807, 2.05) is 0 Å². The molecule has 0 radical (unpaired) electrons. The summed E-state index contributed by atoms with van der Waals surface area (Å²) in [6.45, 7) is 7.73. The number of nitrogens with two attached hydrogens (primary N) is 2. The minimum Gasteiger partial charge on any atom is -0.480 e. The van der Waals surface area contributed by atoms with E-state index >= 15 is 0 Å². The Kier molecular flexibility index (Phi) is 11.0. The standard InChI is InChI=1S/C18H33N5O7/c1-7(2)13(22-16(27)12(20)9(5)24)17(28)21-10(6-11(19)25)15(26)23-14(8(3)4)18(29)30/h7-10,12-14,24H,6,20H2,1-5H3,(H2,19,25)(H,21,28)(H,22,27)(H,23,26)(H,29,30). The van der Waals surface area contributed by atoms with Gasteiger partial charge >= 0.3 is 5.97 Å². The molecule has 0 rings (SSSR count). The van der Waals surface area contributed by atoms with Crippen molar-refractivity contribution in [2.45, 2.75) is 71.3 Å². The molecule has 0 heterocycles. The Hall–Kier alpha value is -2.73. The molecular formula is C18H33N5O7. The first kappa shape index (κ1) is 27.3. The Morgan fingerprint density at radius 1 is 0.800 bits per heavy atom. The number of carbonyl (C=O) groups is 5. The summed E-state index contributed by atoms with van der Waals surface area (Å²) in [5.41, 5.74) is 10.7. The van der Waals surface area contributed by atoms with E-state index in [0.717, 1.165) is 0 Å². The van der Waals surface area contributed by atoms with E-state index in [-0.39, 0.29) is 0 Å². The lowest BCUT2D eigenvalue weighted by molar-refractivity contribution is -0.143. The maximum absolute atomic E-state index is 12.7. The lowest BCUT2D eigenvalue weighted by Crippen LogP contribution is -2.60. The number of rotatable bonds is 12. The first-order valence-corrected chi connectivity index (χ1v) is 9.54. The van der Waals surface area contributed by atoms with E-state index in [9.17, 15) is 34.2 Å². The maximum atomic E-state index is 12.7. The molecule has 0 fully saturated rings. The molecule has 30 heavy (non-hydrogen) atoms. The minimum absolute atomic E-state index is 0.435. The summed E-state index contributed by atoms with van der Waals surface area (Å²) >= 11 is 0. The van der Waals surface area contributed by atoms with Crippen LogP contribution in [-0.2, 0) is 24.0 Å². The topological polar surface area (TPSA) is 214 Å². The highest BCUT2D eigenvalue weighted by Crippen LogP contribution is 2.07. The van der Waals surface area contributed by atoms with E-state index in [1.54, 1.807) is 27.7 Å². The minimum atomic E-state index is -1.45. The summed E-state index contributed by atoms with van der Waals surface area (Å²) in [6.07, 6.45) is -1.73. The number of carboxylic acid groups (broad SMARTS) is 1. The summed E-state index contributed by atoms with van der Waals surface area (Å²) in [4.78, 5) is 60.0. The number of nitrogens with one attached hydrogen (secondary N) is 3. The first-order chi connectivity index (χ1) is 13.7.